The molecular formula is C19H26N6O2. The maximum atomic E-state index is 11.7. The number of amides is 4. The smallest absolute Gasteiger partial charge is 0.315 e. The minimum absolute atomic E-state index is 0.188. The van der Waals surface area contributed by atoms with E-state index in [4.69, 9.17) is 0 Å². The summed E-state index contributed by atoms with van der Waals surface area (Å²) in [6.07, 6.45) is 9.48. The molecule has 0 saturated heterocycles. The Morgan fingerprint density at radius 3 is 1.59 bits per heavy atom. The van der Waals surface area contributed by atoms with E-state index < -0.39 is 0 Å². The van der Waals surface area contributed by atoms with Crippen LogP contribution < -0.4 is 21.3 Å². The van der Waals surface area contributed by atoms with Gasteiger partial charge in [-0.2, -0.15) is 0 Å². The summed E-state index contributed by atoms with van der Waals surface area (Å²) in [6, 6.07) is 7.11. The topological polar surface area (TPSA) is 108 Å². The van der Waals surface area contributed by atoms with E-state index >= 15 is 0 Å². The van der Waals surface area contributed by atoms with Gasteiger partial charge in [0.15, 0.2) is 0 Å². The van der Waals surface area contributed by atoms with Crippen LogP contribution in [0, 0.1) is 0 Å². The van der Waals surface area contributed by atoms with E-state index in [0.717, 1.165) is 30.4 Å². The SMILES string of the molecule is O=C(NCCCCCNC(=O)NCc1cccnc1)NCc1cccnc1. The summed E-state index contributed by atoms with van der Waals surface area (Å²) in [5.41, 5.74) is 1.92. The van der Waals surface area contributed by atoms with Crippen LogP contribution in [0.2, 0.25) is 0 Å². The molecule has 8 nitrogen and oxygen atoms in total. The van der Waals surface area contributed by atoms with E-state index in [1.165, 1.54) is 0 Å². The zero-order chi connectivity index (χ0) is 19.2. The molecular weight excluding hydrogens is 344 g/mol. The Labute approximate surface area is 159 Å². The Morgan fingerprint density at radius 2 is 1.19 bits per heavy atom. The molecule has 0 aliphatic heterocycles. The quantitative estimate of drug-likeness (QED) is 0.479. The Morgan fingerprint density at radius 1 is 0.704 bits per heavy atom. The van der Waals surface area contributed by atoms with Crippen molar-refractivity contribution in [2.24, 2.45) is 0 Å². The lowest BCUT2D eigenvalue weighted by Crippen LogP contribution is -2.36. The summed E-state index contributed by atoms with van der Waals surface area (Å²) >= 11 is 0. The molecule has 0 aromatic carbocycles. The van der Waals surface area contributed by atoms with Gasteiger partial charge in [0.2, 0.25) is 0 Å². The Kier molecular flexibility index (Phi) is 9.13. The lowest BCUT2D eigenvalue weighted by Gasteiger charge is -2.09. The number of rotatable bonds is 10. The standard InChI is InChI=1S/C19H26N6O2/c26-18(24-14-16-6-4-8-20-12-16)22-10-2-1-3-11-23-19(27)25-15-17-7-5-9-21-13-17/h4-9,12-13H,1-3,10-11,14-15H2,(H2,22,24,26)(H2,23,25,27). The fourth-order valence-electron chi connectivity index (χ4n) is 2.33. The first-order valence-electron chi connectivity index (χ1n) is 9.05. The number of pyridine rings is 2. The molecule has 4 amide bonds. The van der Waals surface area contributed by atoms with Crippen LogP contribution in [0.3, 0.4) is 0 Å². The molecule has 2 rings (SSSR count). The molecule has 0 bridgehead atoms. The maximum Gasteiger partial charge on any atom is 0.315 e. The largest absolute Gasteiger partial charge is 0.338 e. The van der Waals surface area contributed by atoms with Crippen LogP contribution in [0.15, 0.2) is 49.1 Å². The van der Waals surface area contributed by atoms with Crippen molar-refractivity contribution < 1.29 is 9.59 Å². The van der Waals surface area contributed by atoms with Gasteiger partial charge in [-0.25, -0.2) is 9.59 Å². The molecule has 0 saturated carbocycles. The molecule has 0 aliphatic carbocycles. The maximum absolute atomic E-state index is 11.7. The second kappa shape index (κ2) is 12.2. The van der Waals surface area contributed by atoms with Crippen molar-refractivity contribution in [3.8, 4) is 0 Å². The number of nitrogens with one attached hydrogen (secondary N) is 4. The van der Waals surface area contributed by atoms with Crippen molar-refractivity contribution >= 4 is 12.1 Å². The van der Waals surface area contributed by atoms with Gasteiger partial charge in [-0.15, -0.1) is 0 Å². The fourth-order valence-corrected chi connectivity index (χ4v) is 2.33. The van der Waals surface area contributed by atoms with Crippen molar-refractivity contribution in [3.63, 3.8) is 0 Å². The molecule has 27 heavy (non-hydrogen) atoms. The summed E-state index contributed by atoms with van der Waals surface area (Å²) in [7, 11) is 0. The summed E-state index contributed by atoms with van der Waals surface area (Å²) in [5, 5.41) is 11.2. The zero-order valence-electron chi connectivity index (χ0n) is 15.3. The van der Waals surface area contributed by atoms with Crippen molar-refractivity contribution in [2.75, 3.05) is 13.1 Å². The molecule has 0 atom stereocenters. The molecule has 144 valence electrons. The Balaban J connectivity index is 1.41. The minimum Gasteiger partial charge on any atom is -0.338 e. The first kappa shape index (κ1) is 20.2. The third kappa shape index (κ3) is 9.20. The second-order valence-corrected chi connectivity index (χ2v) is 6.00. The van der Waals surface area contributed by atoms with Gasteiger partial charge in [-0.05, 0) is 42.5 Å². The Bertz CT molecular complexity index is 622. The zero-order valence-corrected chi connectivity index (χ0v) is 15.3. The summed E-state index contributed by atoms with van der Waals surface area (Å²) in [4.78, 5) is 31.3. The summed E-state index contributed by atoms with van der Waals surface area (Å²) in [5.74, 6) is 0. The predicted octanol–water partition coefficient (Wildman–Crippen LogP) is 1.95. The number of hydrogen-bond acceptors (Lipinski definition) is 4. The van der Waals surface area contributed by atoms with Crippen LogP contribution in [0.1, 0.15) is 30.4 Å². The third-order valence-electron chi connectivity index (χ3n) is 3.78. The lowest BCUT2D eigenvalue weighted by molar-refractivity contribution is 0.240. The second-order valence-electron chi connectivity index (χ2n) is 6.00. The van der Waals surface area contributed by atoms with E-state index in [1.807, 2.05) is 24.3 Å². The highest BCUT2D eigenvalue weighted by Crippen LogP contribution is 1.96. The molecule has 0 fully saturated rings. The van der Waals surface area contributed by atoms with Crippen molar-refractivity contribution in [3.05, 3.63) is 60.2 Å². The van der Waals surface area contributed by atoms with Crippen LogP contribution in [0.4, 0.5) is 9.59 Å². The number of nitrogens with zero attached hydrogens (tertiary/aromatic N) is 2. The van der Waals surface area contributed by atoms with Gasteiger partial charge in [0.1, 0.15) is 0 Å². The summed E-state index contributed by atoms with van der Waals surface area (Å²) < 4.78 is 0. The van der Waals surface area contributed by atoms with Crippen LogP contribution in [0.25, 0.3) is 0 Å². The van der Waals surface area contributed by atoms with E-state index in [0.29, 0.717) is 26.2 Å². The van der Waals surface area contributed by atoms with Gasteiger partial charge in [0, 0.05) is 51.0 Å². The number of hydrogen-bond donors (Lipinski definition) is 4. The van der Waals surface area contributed by atoms with Crippen LogP contribution in [0.5, 0.6) is 0 Å². The number of carbonyl (C=O) groups is 2. The third-order valence-corrected chi connectivity index (χ3v) is 3.78. The van der Waals surface area contributed by atoms with Gasteiger partial charge in [0.05, 0.1) is 0 Å². The highest BCUT2D eigenvalue weighted by atomic mass is 16.2. The van der Waals surface area contributed by atoms with Gasteiger partial charge in [-0.1, -0.05) is 12.1 Å². The molecule has 8 heteroatoms. The first-order valence-corrected chi connectivity index (χ1v) is 9.05. The highest BCUT2D eigenvalue weighted by molar-refractivity contribution is 5.74. The lowest BCUT2D eigenvalue weighted by atomic mass is 10.2. The number of unbranched alkanes of at least 4 members (excludes halogenated alkanes) is 2. The summed E-state index contributed by atoms with van der Waals surface area (Å²) in [6.45, 7) is 2.12. The van der Waals surface area contributed by atoms with Crippen LogP contribution in [-0.4, -0.2) is 35.1 Å². The minimum atomic E-state index is -0.188. The average Bonchev–Trinajstić information content (AvgIpc) is 2.71. The molecule has 2 aromatic rings. The van der Waals surface area contributed by atoms with Gasteiger partial charge < -0.3 is 21.3 Å². The molecule has 4 N–H and O–H groups in total. The van der Waals surface area contributed by atoms with E-state index in [9.17, 15) is 9.59 Å². The number of carbonyl (C=O) groups excluding carboxylic acids is 2. The van der Waals surface area contributed by atoms with Crippen molar-refractivity contribution in [1.82, 2.24) is 31.2 Å². The number of aromatic nitrogens is 2. The fraction of sp³-hybridized carbons (Fsp3) is 0.368. The molecule has 0 aliphatic rings. The average molecular weight is 370 g/mol. The van der Waals surface area contributed by atoms with Gasteiger partial charge >= 0.3 is 12.1 Å². The van der Waals surface area contributed by atoms with E-state index in [-0.39, 0.29) is 12.1 Å². The van der Waals surface area contributed by atoms with Crippen molar-refractivity contribution in [1.29, 1.82) is 0 Å². The molecule has 0 radical (unpaired) electrons. The normalized spacial score (nSPS) is 10.1. The van der Waals surface area contributed by atoms with E-state index in [2.05, 4.69) is 31.2 Å². The van der Waals surface area contributed by atoms with Crippen LogP contribution in [-0.2, 0) is 13.1 Å². The van der Waals surface area contributed by atoms with Gasteiger partial charge in [-0.3, -0.25) is 9.97 Å². The van der Waals surface area contributed by atoms with Crippen LogP contribution >= 0.6 is 0 Å². The molecule has 0 unspecified atom stereocenters. The molecule has 2 heterocycles. The van der Waals surface area contributed by atoms with Gasteiger partial charge in [0.25, 0.3) is 0 Å². The number of urea groups is 2. The monoisotopic (exact) mass is 370 g/mol. The molecule has 0 spiro atoms. The van der Waals surface area contributed by atoms with Crippen molar-refractivity contribution in [2.45, 2.75) is 32.4 Å². The first-order chi connectivity index (χ1) is 13.2. The molecule has 2 aromatic heterocycles. The highest BCUT2D eigenvalue weighted by Gasteiger charge is 2.01. The Hall–Kier alpha value is -3.16. The predicted molar refractivity (Wildman–Crippen MR) is 103 cm³/mol. The van der Waals surface area contributed by atoms with E-state index in [1.54, 1.807) is 24.8 Å².